The second-order valence-corrected chi connectivity index (χ2v) is 4.73. The molecule has 0 bridgehead atoms. The van der Waals surface area contributed by atoms with Crippen molar-refractivity contribution < 1.29 is 9.21 Å². The number of carbonyl (C=O) groups excluding carboxylic acids is 1. The molecule has 2 nitrogen and oxygen atoms in total. The summed E-state index contributed by atoms with van der Waals surface area (Å²) in [6.07, 6.45) is 1.93. The van der Waals surface area contributed by atoms with E-state index in [0.717, 1.165) is 0 Å². The van der Waals surface area contributed by atoms with Gasteiger partial charge < -0.3 is 4.42 Å². The Kier molecular flexibility index (Phi) is 3.69. The minimum Gasteiger partial charge on any atom is -0.461 e. The molecule has 0 saturated carbocycles. The Morgan fingerprint density at radius 1 is 1.06 bits per heavy atom. The molecule has 1 heterocycles. The van der Waals surface area contributed by atoms with E-state index in [1.807, 2.05) is 0 Å². The van der Waals surface area contributed by atoms with Gasteiger partial charge in [-0.1, -0.05) is 46.4 Å². The van der Waals surface area contributed by atoms with Crippen molar-refractivity contribution in [3.63, 3.8) is 0 Å². The van der Waals surface area contributed by atoms with Gasteiger partial charge in [0.2, 0.25) is 0 Å². The van der Waals surface area contributed by atoms with Crippen LogP contribution in [0.15, 0.2) is 22.8 Å². The van der Waals surface area contributed by atoms with Crippen LogP contribution in [0.3, 0.4) is 0 Å². The molecule has 0 atom stereocenters. The number of furan rings is 1. The van der Waals surface area contributed by atoms with Crippen molar-refractivity contribution in [2.24, 2.45) is 0 Å². The van der Waals surface area contributed by atoms with Crippen LogP contribution in [-0.2, 0) is 0 Å². The molecule has 6 heteroatoms. The van der Waals surface area contributed by atoms with Crippen molar-refractivity contribution in [1.82, 2.24) is 0 Å². The monoisotopic (exact) mass is 308 g/mol. The summed E-state index contributed by atoms with van der Waals surface area (Å²) in [5, 5.41) is 0.972. The van der Waals surface area contributed by atoms with E-state index in [2.05, 4.69) is 0 Å². The van der Waals surface area contributed by atoms with Gasteiger partial charge in [0.1, 0.15) is 0 Å². The van der Waals surface area contributed by atoms with Crippen molar-refractivity contribution in [3.8, 4) is 11.1 Å². The molecule has 2 aromatic rings. The first-order chi connectivity index (χ1) is 8.06. The van der Waals surface area contributed by atoms with E-state index in [0.29, 0.717) is 17.4 Å². The Morgan fingerprint density at radius 2 is 1.65 bits per heavy atom. The van der Waals surface area contributed by atoms with Crippen molar-refractivity contribution in [2.75, 3.05) is 0 Å². The minimum atomic E-state index is 0.118. The number of hydrogen-bond acceptors (Lipinski definition) is 2. The third-order valence-corrected chi connectivity index (χ3v) is 3.76. The van der Waals surface area contributed by atoms with Gasteiger partial charge in [0.25, 0.3) is 0 Å². The normalized spacial score (nSPS) is 10.6. The van der Waals surface area contributed by atoms with Gasteiger partial charge in [0.15, 0.2) is 12.0 Å². The van der Waals surface area contributed by atoms with E-state index < -0.39 is 0 Å². The molecule has 0 amide bonds. The zero-order valence-corrected chi connectivity index (χ0v) is 11.2. The molecule has 88 valence electrons. The van der Waals surface area contributed by atoms with E-state index in [4.69, 9.17) is 50.8 Å². The van der Waals surface area contributed by atoms with Gasteiger partial charge in [-0.05, 0) is 12.1 Å². The lowest BCUT2D eigenvalue weighted by Gasteiger charge is -2.09. The Hall–Kier alpha value is -0.670. The summed E-state index contributed by atoms with van der Waals surface area (Å²) in [4.78, 5) is 10.8. The van der Waals surface area contributed by atoms with Gasteiger partial charge in [-0.15, -0.1) is 0 Å². The zero-order valence-electron chi connectivity index (χ0n) is 8.14. The number of halogens is 4. The fraction of sp³-hybridized carbons (Fsp3) is 0. The van der Waals surface area contributed by atoms with E-state index in [9.17, 15) is 4.79 Å². The van der Waals surface area contributed by atoms with Crippen LogP contribution in [0.5, 0.6) is 0 Å². The first-order valence-electron chi connectivity index (χ1n) is 4.42. The van der Waals surface area contributed by atoms with Crippen LogP contribution in [0.25, 0.3) is 11.1 Å². The fourth-order valence-electron chi connectivity index (χ4n) is 1.43. The Labute approximate surface area is 117 Å². The van der Waals surface area contributed by atoms with Gasteiger partial charge in [-0.3, -0.25) is 4.79 Å². The molecule has 0 aliphatic rings. The topological polar surface area (TPSA) is 30.2 Å². The van der Waals surface area contributed by atoms with Crippen LogP contribution in [0.4, 0.5) is 0 Å². The first kappa shape index (κ1) is 12.8. The Bertz CT molecular complexity index is 563. The van der Waals surface area contributed by atoms with E-state index in [-0.39, 0.29) is 25.9 Å². The zero-order chi connectivity index (χ0) is 12.6. The number of hydrogen-bond donors (Lipinski definition) is 0. The molecular formula is C11H4Cl4O2. The fourth-order valence-corrected chi connectivity index (χ4v) is 2.44. The van der Waals surface area contributed by atoms with Crippen LogP contribution in [-0.4, -0.2) is 6.29 Å². The molecule has 0 unspecified atom stereocenters. The standard InChI is InChI=1S/C11H4Cl4O2/c12-6-3-7(13)11(15)9(10(6)14)5-1-2-17-8(5)4-16/h1-4H. The predicted octanol–water partition coefficient (Wildman–Crippen LogP) is 5.37. The summed E-state index contributed by atoms with van der Waals surface area (Å²) in [7, 11) is 0. The van der Waals surface area contributed by atoms with Crippen molar-refractivity contribution >= 4 is 52.7 Å². The van der Waals surface area contributed by atoms with E-state index in [1.54, 1.807) is 6.07 Å². The summed E-state index contributed by atoms with van der Waals surface area (Å²) >= 11 is 23.9. The summed E-state index contributed by atoms with van der Waals surface area (Å²) in [6.45, 7) is 0. The SMILES string of the molecule is O=Cc1occc1-c1c(Cl)c(Cl)cc(Cl)c1Cl. The molecular weight excluding hydrogens is 306 g/mol. The number of rotatable bonds is 2. The van der Waals surface area contributed by atoms with Crippen molar-refractivity contribution in [1.29, 1.82) is 0 Å². The number of benzene rings is 1. The minimum absolute atomic E-state index is 0.118. The van der Waals surface area contributed by atoms with Crippen LogP contribution in [0, 0.1) is 0 Å². The Morgan fingerprint density at radius 3 is 2.18 bits per heavy atom. The summed E-state index contributed by atoms with van der Waals surface area (Å²) in [5.74, 6) is 0.118. The summed E-state index contributed by atoms with van der Waals surface area (Å²) < 4.78 is 4.99. The highest BCUT2D eigenvalue weighted by atomic mass is 35.5. The molecule has 0 aliphatic carbocycles. The summed E-state index contributed by atoms with van der Waals surface area (Å²) in [5.41, 5.74) is 0.848. The lowest BCUT2D eigenvalue weighted by atomic mass is 10.1. The molecule has 0 radical (unpaired) electrons. The van der Waals surface area contributed by atoms with Gasteiger partial charge in [-0.2, -0.15) is 0 Å². The van der Waals surface area contributed by atoms with Crippen LogP contribution in [0.1, 0.15) is 10.6 Å². The Balaban J connectivity index is 2.79. The first-order valence-corrected chi connectivity index (χ1v) is 5.93. The third-order valence-electron chi connectivity index (χ3n) is 2.18. The largest absolute Gasteiger partial charge is 0.461 e. The predicted molar refractivity (Wildman–Crippen MR) is 69.6 cm³/mol. The smallest absolute Gasteiger partial charge is 0.185 e. The second kappa shape index (κ2) is 4.91. The highest BCUT2D eigenvalue weighted by Crippen LogP contribution is 2.44. The van der Waals surface area contributed by atoms with Crippen LogP contribution < -0.4 is 0 Å². The number of aldehydes is 1. The average Bonchev–Trinajstić information content (AvgIpc) is 2.75. The van der Waals surface area contributed by atoms with E-state index in [1.165, 1.54) is 12.3 Å². The molecule has 0 fully saturated rings. The molecule has 2 rings (SSSR count). The average molecular weight is 310 g/mol. The molecule has 0 saturated heterocycles. The van der Waals surface area contributed by atoms with Gasteiger partial charge in [0.05, 0.1) is 26.4 Å². The maximum absolute atomic E-state index is 10.8. The molecule has 1 aromatic heterocycles. The lowest BCUT2D eigenvalue weighted by molar-refractivity contribution is 0.110. The molecule has 0 aliphatic heterocycles. The van der Waals surface area contributed by atoms with E-state index >= 15 is 0 Å². The summed E-state index contributed by atoms with van der Waals surface area (Å²) in [6, 6.07) is 3.02. The third kappa shape index (κ3) is 2.18. The van der Waals surface area contributed by atoms with Crippen LogP contribution >= 0.6 is 46.4 Å². The van der Waals surface area contributed by atoms with Crippen molar-refractivity contribution in [2.45, 2.75) is 0 Å². The van der Waals surface area contributed by atoms with Crippen molar-refractivity contribution in [3.05, 3.63) is 44.2 Å². The lowest BCUT2D eigenvalue weighted by Crippen LogP contribution is -1.87. The highest BCUT2D eigenvalue weighted by molar-refractivity contribution is 6.50. The van der Waals surface area contributed by atoms with Gasteiger partial charge >= 0.3 is 0 Å². The van der Waals surface area contributed by atoms with Gasteiger partial charge in [-0.25, -0.2) is 0 Å². The van der Waals surface area contributed by atoms with Gasteiger partial charge in [0, 0.05) is 11.1 Å². The quantitative estimate of drug-likeness (QED) is 0.551. The highest BCUT2D eigenvalue weighted by Gasteiger charge is 2.19. The maximum Gasteiger partial charge on any atom is 0.185 e. The van der Waals surface area contributed by atoms with Crippen LogP contribution in [0.2, 0.25) is 20.1 Å². The molecule has 17 heavy (non-hydrogen) atoms. The molecule has 0 spiro atoms. The second-order valence-electron chi connectivity index (χ2n) is 3.16. The number of carbonyl (C=O) groups is 1. The maximum atomic E-state index is 10.8. The molecule has 0 N–H and O–H groups in total. The molecule has 1 aromatic carbocycles.